The number of nitrogens with two attached hydrogens (primary N) is 1. The van der Waals surface area contributed by atoms with Gasteiger partial charge in [0, 0.05) is 31.2 Å². The van der Waals surface area contributed by atoms with Gasteiger partial charge in [0.1, 0.15) is 5.82 Å². The van der Waals surface area contributed by atoms with Crippen molar-refractivity contribution in [3.8, 4) is 0 Å². The number of nitrogens with zero attached hydrogens (tertiary/aromatic N) is 3. The third kappa shape index (κ3) is 2.60. The Morgan fingerprint density at radius 1 is 1.42 bits per heavy atom. The zero-order valence-electron chi connectivity index (χ0n) is 10.6. The molecule has 1 aromatic heterocycles. The molecule has 1 unspecified atom stereocenters. The molecule has 0 spiro atoms. The molecule has 0 aromatic carbocycles. The molecule has 1 aliphatic carbocycles. The topological polar surface area (TPSA) is 97.3 Å². The first-order valence-electron chi connectivity index (χ1n) is 6.55. The summed E-state index contributed by atoms with van der Waals surface area (Å²) in [7, 11) is 0. The third-order valence-electron chi connectivity index (χ3n) is 3.73. The number of hydrogen-bond donors (Lipinski definition) is 2. The van der Waals surface area contributed by atoms with Crippen LogP contribution >= 0.6 is 0 Å². The molecule has 7 nitrogen and oxygen atoms in total. The Balaban J connectivity index is 1.63. The molecule has 0 amide bonds. The van der Waals surface area contributed by atoms with Crippen molar-refractivity contribution >= 4 is 17.3 Å². The lowest BCUT2D eigenvalue weighted by atomic mass is 10.2. The number of hydrogen-bond acceptors (Lipinski definition) is 6. The van der Waals surface area contributed by atoms with Gasteiger partial charge in [-0.2, -0.15) is 0 Å². The average Bonchev–Trinajstić information content (AvgIpc) is 3.10. The molecular formula is C12H17N5O2. The summed E-state index contributed by atoms with van der Waals surface area (Å²) in [5.74, 6) is 0.581. The van der Waals surface area contributed by atoms with Crippen molar-refractivity contribution in [1.82, 2.24) is 9.88 Å². The first-order valence-corrected chi connectivity index (χ1v) is 6.55. The Kier molecular flexibility index (Phi) is 2.98. The molecule has 102 valence electrons. The highest BCUT2D eigenvalue weighted by molar-refractivity contribution is 5.57. The van der Waals surface area contributed by atoms with Gasteiger partial charge in [-0.3, -0.25) is 15.0 Å². The minimum absolute atomic E-state index is 0.0351. The van der Waals surface area contributed by atoms with E-state index in [-0.39, 0.29) is 11.5 Å². The molecule has 0 bridgehead atoms. The van der Waals surface area contributed by atoms with E-state index in [1.807, 2.05) is 0 Å². The van der Waals surface area contributed by atoms with E-state index in [1.165, 1.54) is 18.9 Å². The molecule has 1 saturated heterocycles. The highest BCUT2D eigenvalue weighted by Gasteiger charge is 2.34. The van der Waals surface area contributed by atoms with Crippen LogP contribution in [0.2, 0.25) is 0 Å². The van der Waals surface area contributed by atoms with Crippen LogP contribution in [0, 0.1) is 10.1 Å². The smallest absolute Gasteiger partial charge is 0.311 e. The molecule has 1 atom stereocenters. The molecule has 0 radical (unpaired) electrons. The third-order valence-corrected chi connectivity index (χ3v) is 3.73. The van der Waals surface area contributed by atoms with Crippen molar-refractivity contribution in [3.05, 3.63) is 22.2 Å². The van der Waals surface area contributed by atoms with Crippen LogP contribution in [0.25, 0.3) is 0 Å². The van der Waals surface area contributed by atoms with Crippen LogP contribution in [0.5, 0.6) is 0 Å². The van der Waals surface area contributed by atoms with Crippen LogP contribution in [0.4, 0.5) is 17.3 Å². The number of nitro groups is 1. The molecule has 2 fully saturated rings. The normalized spacial score (nSPS) is 23.5. The first kappa shape index (κ1) is 12.2. The second-order valence-electron chi connectivity index (χ2n) is 5.21. The Labute approximate surface area is 110 Å². The van der Waals surface area contributed by atoms with Crippen LogP contribution in [0.15, 0.2) is 12.1 Å². The Morgan fingerprint density at radius 2 is 2.21 bits per heavy atom. The lowest BCUT2D eigenvalue weighted by Crippen LogP contribution is -2.28. The van der Waals surface area contributed by atoms with E-state index in [0.717, 1.165) is 25.6 Å². The monoisotopic (exact) mass is 263 g/mol. The van der Waals surface area contributed by atoms with Crippen molar-refractivity contribution in [2.24, 2.45) is 0 Å². The maximum Gasteiger partial charge on any atom is 0.311 e. The lowest BCUT2D eigenvalue weighted by Gasteiger charge is -2.16. The van der Waals surface area contributed by atoms with Gasteiger partial charge in [0.15, 0.2) is 0 Å². The van der Waals surface area contributed by atoms with Crippen LogP contribution in [0.3, 0.4) is 0 Å². The van der Waals surface area contributed by atoms with Gasteiger partial charge in [0.2, 0.25) is 5.82 Å². The predicted octanol–water partition coefficient (Wildman–Crippen LogP) is 1.22. The number of likely N-dealkylation sites (tertiary alicyclic amines) is 1. The number of rotatable bonds is 4. The zero-order chi connectivity index (χ0) is 13.4. The number of pyridine rings is 1. The van der Waals surface area contributed by atoms with E-state index < -0.39 is 4.92 Å². The van der Waals surface area contributed by atoms with Crippen LogP contribution in [-0.4, -0.2) is 40.0 Å². The fourth-order valence-corrected chi connectivity index (χ4v) is 2.59. The summed E-state index contributed by atoms with van der Waals surface area (Å²) < 4.78 is 0. The molecule has 3 rings (SSSR count). The van der Waals surface area contributed by atoms with Crippen molar-refractivity contribution in [3.63, 3.8) is 0 Å². The standard InChI is InChI=1S/C12H17N5O2/c13-12-10(17(18)19)3-4-11(15-12)14-8-5-6-16(7-8)9-1-2-9/h3-4,8-9H,1-2,5-7H2,(H3,13,14,15). The van der Waals surface area contributed by atoms with Crippen molar-refractivity contribution in [2.45, 2.75) is 31.3 Å². The van der Waals surface area contributed by atoms with Crippen molar-refractivity contribution < 1.29 is 4.92 Å². The average molecular weight is 263 g/mol. The Bertz CT molecular complexity index is 503. The minimum atomic E-state index is -0.517. The van der Waals surface area contributed by atoms with Gasteiger partial charge in [-0.1, -0.05) is 0 Å². The van der Waals surface area contributed by atoms with Crippen LogP contribution in [-0.2, 0) is 0 Å². The lowest BCUT2D eigenvalue weighted by molar-refractivity contribution is -0.384. The van der Waals surface area contributed by atoms with Gasteiger partial charge in [0.25, 0.3) is 0 Å². The summed E-state index contributed by atoms with van der Waals surface area (Å²) in [6.45, 7) is 2.13. The second kappa shape index (κ2) is 4.65. The fraction of sp³-hybridized carbons (Fsp3) is 0.583. The Morgan fingerprint density at radius 3 is 2.84 bits per heavy atom. The van der Waals surface area contributed by atoms with Gasteiger partial charge in [0.05, 0.1) is 4.92 Å². The molecule has 19 heavy (non-hydrogen) atoms. The van der Waals surface area contributed by atoms with E-state index in [2.05, 4.69) is 15.2 Å². The van der Waals surface area contributed by atoms with E-state index in [0.29, 0.717) is 11.9 Å². The van der Waals surface area contributed by atoms with Gasteiger partial charge < -0.3 is 11.1 Å². The zero-order valence-corrected chi connectivity index (χ0v) is 10.6. The van der Waals surface area contributed by atoms with Gasteiger partial charge in [-0.05, 0) is 25.3 Å². The van der Waals surface area contributed by atoms with E-state index in [9.17, 15) is 10.1 Å². The van der Waals surface area contributed by atoms with Crippen LogP contribution < -0.4 is 11.1 Å². The SMILES string of the molecule is Nc1nc(NC2CCN(C3CC3)C2)ccc1[N+](=O)[O-]. The maximum atomic E-state index is 10.7. The van der Waals surface area contributed by atoms with E-state index in [4.69, 9.17) is 5.73 Å². The minimum Gasteiger partial charge on any atom is -0.378 e. The second-order valence-corrected chi connectivity index (χ2v) is 5.21. The van der Waals surface area contributed by atoms with E-state index in [1.54, 1.807) is 6.07 Å². The molecule has 3 N–H and O–H groups in total. The quantitative estimate of drug-likeness (QED) is 0.626. The van der Waals surface area contributed by atoms with Gasteiger partial charge >= 0.3 is 5.69 Å². The summed E-state index contributed by atoms with van der Waals surface area (Å²) in [4.78, 5) is 16.7. The summed E-state index contributed by atoms with van der Waals surface area (Å²) >= 11 is 0. The Hall–Kier alpha value is -1.89. The number of nitrogens with one attached hydrogen (secondary N) is 1. The predicted molar refractivity (Wildman–Crippen MR) is 71.9 cm³/mol. The largest absolute Gasteiger partial charge is 0.378 e. The van der Waals surface area contributed by atoms with Gasteiger partial charge in [-0.25, -0.2) is 4.98 Å². The molecule has 1 saturated carbocycles. The maximum absolute atomic E-state index is 10.7. The molecule has 7 heteroatoms. The highest BCUT2D eigenvalue weighted by atomic mass is 16.6. The number of aromatic nitrogens is 1. The molecule has 2 heterocycles. The van der Waals surface area contributed by atoms with Crippen LogP contribution in [0.1, 0.15) is 19.3 Å². The molecule has 1 aliphatic heterocycles. The number of anilines is 2. The van der Waals surface area contributed by atoms with Crippen molar-refractivity contribution in [2.75, 3.05) is 24.1 Å². The summed E-state index contributed by atoms with van der Waals surface area (Å²) in [6.07, 6.45) is 3.71. The fourth-order valence-electron chi connectivity index (χ4n) is 2.59. The first-order chi connectivity index (χ1) is 9.13. The molecule has 1 aromatic rings. The van der Waals surface area contributed by atoms with Gasteiger partial charge in [-0.15, -0.1) is 0 Å². The summed E-state index contributed by atoms with van der Waals surface area (Å²) in [6, 6.07) is 4.16. The highest BCUT2D eigenvalue weighted by Crippen LogP contribution is 2.30. The molecule has 2 aliphatic rings. The van der Waals surface area contributed by atoms with Crippen molar-refractivity contribution in [1.29, 1.82) is 0 Å². The summed E-state index contributed by atoms with van der Waals surface area (Å²) in [5, 5.41) is 14.0. The number of nitrogen functional groups attached to an aromatic ring is 1. The summed E-state index contributed by atoms with van der Waals surface area (Å²) in [5.41, 5.74) is 5.44. The molecular weight excluding hydrogens is 246 g/mol. The van der Waals surface area contributed by atoms with E-state index >= 15 is 0 Å².